The first-order valence-corrected chi connectivity index (χ1v) is 7.98. The lowest BCUT2D eigenvalue weighted by atomic mass is 10.2. The lowest BCUT2D eigenvalue weighted by Crippen LogP contribution is -2.35. The van der Waals surface area contributed by atoms with Gasteiger partial charge in [-0.1, -0.05) is 6.42 Å². The summed E-state index contributed by atoms with van der Waals surface area (Å²) in [5.41, 5.74) is 1.57. The van der Waals surface area contributed by atoms with Crippen molar-refractivity contribution in [2.24, 2.45) is 0 Å². The Balaban J connectivity index is 2.02. The molecular weight excluding hydrogens is 262 g/mol. The number of fused-ring (bicyclic) bond motifs is 1. The van der Waals surface area contributed by atoms with Crippen LogP contribution in [0.15, 0.2) is 23.1 Å². The molecule has 2 aromatic rings. The van der Waals surface area contributed by atoms with Crippen molar-refractivity contribution in [1.29, 1.82) is 0 Å². The van der Waals surface area contributed by atoms with E-state index in [1.807, 2.05) is 6.92 Å². The molecule has 1 N–H and O–H groups in total. The van der Waals surface area contributed by atoms with E-state index < -0.39 is 10.0 Å². The lowest BCUT2D eigenvalue weighted by molar-refractivity contribution is 0.346. The Morgan fingerprint density at radius 2 is 1.95 bits per heavy atom. The van der Waals surface area contributed by atoms with Gasteiger partial charge in [0, 0.05) is 13.1 Å². The molecule has 6 heteroatoms. The molecule has 5 nitrogen and oxygen atoms in total. The fourth-order valence-electron chi connectivity index (χ4n) is 2.53. The lowest BCUT2D eigenvalue weighted by Gasteiger charge is -2.25. The number of rotatable bonds is 2. The zero-order chi connectivity index (χ0) is 13.5. The molecule has 19 heavy (non-hydrogen) atoms. The van der Waals surface area contributed by atoms with Gasteiger partial charge in [-0.05, 0) is 38.0 Å². The highest BCUT2D eigenvalue weighted by atomic mass is 32.2. The van der Waals surface area contributed by atoms with E-state index in [1.165, 1.54) is 0 Å². The average Bonchev–Trinajstić information content (AvgIpc) is 2.78. The van der Waals surface area contributed by atoms with Crippen LogP contribution in [0.1, 0.15) is 25.1 Å². The Labute approximate surface area is 112 Å². The van der Waals surface area contributed by atoms with Crippen molar-refractivity contribution in [1.82, 2.24) is 14.3 Å². The molecule has 0 spiro atoms. The Hall–Kier alpha value is -1.40. The second-order valence-corrected chi connectivity index (χ2v) is 6.90. The summed E-state index contributed by atoms with van der Waals surface area (Å²) < 4.78 is 26.6. The van der Waals surface area contributed by atoms with E-state index >= 15 is 0 Å². The predicted octanol–water partition coefficient (Wildman–Crippen LogP) is 2.05. The highest BCUT2D eigenvalue weighted by molar-refractivity contribution is 7.89. The van der Waals surface area contributed by atoms with Gasteiger partial charge < -0.3 is 4.98 Å². The fraction of sp³-hybridized carbons (Fsp3) is 0.462. The molecule has 102 valence electrons. The van der Waals surface area contributed by atoms with Crippen LogP contribution in [0.5, 0.6) is 0 Å². The van der Waals surface area contributed by atoms with Gasteiger partial charge in [-0.25, -0.2) is 13.4 Å². The third-order valence-corrected chi connectivity index (χ3v) is 5.42. The Kier molecular flexibility index (Phi) is 3.06. The van der Waals surface area contributed by atoms with Gasteiger partial charge in [0.15, 0.2) is 0 Å². The summed E-state index contributed by atoms with van der Waals surface area (Å²) in [6.07, 6.45) is 3.01. The zero-order valence-electron chi connectivity index (χ0n) is 10.9. The van der Waals surface area contributed by atoms with Crippen LogP contribution in [-0.4, -0.2) is 35.8 Å². The van der Waals surface area contributed by atoms with Crippen LogP contribution < -0.4 is 0 Å². The molecule has 0 amide bonds. The second kappa shape index (κ2) is 4.61. The molecule has 1 saturated heterocycles. The van der Waals surface area contributed by atoms with Crippen LogP contribution >= 0.6 is 0 Å². The van der Waals surface area contributed by atoms with Crippen molar-refractivity contribution in [3.8, 4) is 0 Å². The van der Waals surface area contributed by atoms with Gasteiger partial charge in [0.2, 0.25) is 10.0 Å². The van der Waals surface area contributed by atoms with E-state index in [2.05, 4.69) is 9.97 Å². The minimum absolute atomic E-state index is 0.352. The standard InChI is InChI=1S/C13H17N3O2S/c1-10-14-12-6-5-11(9-13(12)15-10)19(17,18)16-7-3-2-4-8-16/h5-6,9H,2-4,7-8H2,1H3,(H,14,15). The minimum atomic E-state index is -3.36. The summed E-state index contributed by atoms with van der Waals surface area (Å²) in [5, 5.41) is 0. The molecule has 0 aliphatic carbocycles. The first-order chi connectivity index (χ1) is 9.07. The molecule has 0 bridgehead atoms. The topological polar surface area (TPSA) is 66.1 Å². The van der Waals surface area contributed by atoms with Gasteiger partial charge in [-0.3, -0.25) is 0 Å². The Morgan fingerprint density at radius 1 is 1.21 bits per heavy atom. The van der Waals surface area contributed by atoms with Crippen molar-refractivity contribution < 1.29 is 8.42 Å². The summed E-state index contributed by atoms with van der Waals surface area (Å²) in [4.78, 5) is 7.72. The number of piperidine rings is 1. The van der Waals surface area contributed by atoms with Crippen LogP contribution in [0.2, 0.25) is 0 Å². The summed E-state index contributed by atoms with van der Waals surface area (Å²) in [6.45, 7) is 3.11. The molecule has 2 heterocycles. The van der Waals surface area contributed by atoms with Crippen LogP contribution in [-0.2, 0) is 10.0 Å². The molecule has 0 atom stereocenters. The van der Waals surface area contributed by atoms with Crippen molar-refractivity contribution in [3.63, 3.8) is 0 Å². The number of imidazole rings is 1. The van der Waals surface area contributed by atoms with E-state index in [1.54, 1.807) is 22.5 Å². The number of aromatic amines is 1. The monoisotopic (exact) mass is 279 g/mol. The Morgan fingerprint density at radius 3 is 2.68 bits per heavy atom. The van der Waals surface area contributed by atoms with E-state index in [4.69, 9.17) is 0 Å². The molecule has 1 aromatic carbocycles. The number of hydrogen-bond donors (Lipinski definition) is 1. The maximum absolute atomic E-state index is 12.5. The largest absolute Gasteiger partial charge is 0.342 e. The number of hydrogen-bond acceptors (Lipinski definition) is 3. The number of H-pyrrole nitrogens is 1. The SMILES string of the molecule is Cc1nc2ccc(S(=O)(=O)N3CCCCC3)cc2[nH]1. The molecule has 0 radical (unpaired) electrons. The van der Waals surface area contributed by atoms with Gasteiger partial charge >= 0.3 is 0 Å². The van der Waals surface area contributed by atoms with Crippen molar-refractivity contribution >= 4 is 21.1 Å². The molecular formula is C13H17N3O2S. The van der Waals surface area contributed by atoms with E-state index in [0.29, 0.717) is 18.0 Å². The smallest absolute Gasteiger partial charge is 0.243 e. The summed E-state index contributed by atoms with van der Waals surface area (Å²) in [5.74, 6) is 0.794. The molecule has 1 aliphatic heterocycles. The van der Waals surface area contributed by atoms with Gasteiger partial charge in [0.25, 0.3) is 0 Å². The number of aromatic nitrogens is 2. The molecule has 0 unspecified atom stereocenters. The Bertz CT molecular complexity index is 700. The number of aryl methyl sites for hydroxylation is 1. The van der Waals surface area contributed by atoms with E-state index in [0.717, 1.165) is 36.1 Å². The number of benzene rings is 1. The average molecular weight is 279 g/mol. The minimum Gasteiger partial charge on any atom is -0.342 e. The maximum Gasteiger partial charge on any atom is 0.243 e. The first kappa shape index (κ1) is 12.6. The van der Waals surface area contributed by atoms with E-state index in [-0.39, 0.29) is 0 Å². The van der Waals surface area contributed by atoms with Crippen LogP contribution in [0.25, 0.3) is 11.0 Å². The van der Waals surface area contributed by atoms with Crippen LogP contribution in [0.4, 0.5) is 0 Å². The van der Waals surface area contributed by atoms with Crippen molar-refractivity contribution in [2.75, 3.05) is 13.1 Å². The van der Waals surface area contributed by atoms with Gasteiger partial charge in [0.05, 0.1) is 15.9 Å². The zero-order valence-corrected chi connectivity index (χ0v) is 11.7. The van der Waals surface area contributed by atoms with E-state index in [9.17, 15) is 8.42 Å². The number of sulfonamides is 1. The number of nitrogens with one attached hydrogen (secondary N) is 1. The van der Waals surface area contributed by atoms with Crippen LogP contribution in [0, 0.1) is 6.92 Å². The fourth-order valence-corrected chi connectivity index (χ4v) is 4.07. The normalized spacial score (nSPS) is 17.9. The summed E-state index contributed by atoms with van der Waals surface area (Å²) in [7, 11) is -3.36. The molecule has 1 aliphatic rings. The van der Waals surface area contributed by atoms with Gasteiger partial charge in [0.1, 0.15) is 5.82 Å². The van der Waals surface area contributed by atoms with Crippen molar-refractivity contribution in [2.45, 2.75) is 31.1 Å². The highest BCUT2D eigenvalue weighted by Crippen LogP contribution is 2.23. The maximum atomic E-state index is 12.5. The quantitative estimate of drug-likeness (QED) is 0.915. The first-order valence-electron chi connectivity index (χ1n) is 6.54. The molecule has 0 saturated carbocycles. The van der Waals surface area contributed by atoms with Crippen LogP contribution in [0.3, 0.4) is 0 Å². The van der Waals surface area contributed by atoms with Gasteiger partial charge in [-0.2, -0.15) is 4.31 Å². The third-order valence-electron chi connectivity index (χ3n) is 3.52. The summed E-state index contributed by atoms with van der Waals surface area (Å²) >= 11 is 0. The predicted molar refractivity (Wildman–Crippen MR) is 73.4 cm³/mol. The summed E-state index contributed by atoms with van der Waals surface area (Å²) in [6, 6.07) is 5.08. The molecule has 1 fully saturated rings. The number of nitrogens with zero attached hydrogens (tertiary/aromatic N) is 2. The highest BCUT2D eigenvalue weighted by Gasteiger charge is 2.26. The molecule has 1 aromatic heterocycles. The third kappa shape index (κ3) is 2.26. The molecule has 3 rings (SSSR count). The van der Waals surface area contributed by atoms with Gasteiger partial charge in [-0.15, -0.1) is 0 Å². The second-order valence-electron chi connectivity index (χ2n) is 4.97. The van der Waals surface area contributed by atoms with Crippen molar-refractivity contribution in [3.05, 3.63) is 24.0 Å².